The molecule has 0 aliphatic rings. The van der Waals surface area contributed by atoms with Gasteiger partial charge in [0.1, 0.15) is 17.2 Å². The Kier molecular flexibility index (Phi) is 6.18. The number of methoxy groups -OCH3 is 1. The minimum atomic E-state index is -3.86. The number of anilines is 1. The SMILES string of the molecule is COc1ccc(Cl)cc1NP(=O)(Oc1ccc(C)cc1)Oc1ccc(C)cc1. The highest BCUT2D eigenvalue weighted by Crippen LogP contribution is 2.50. The Bertz CT molecular complexity index is 939. The lowest BCUT2D eigenvalue weighted by Crippen LogP contribution is -2.10. The fraction of sp³-hybridized carbons (Fsp3) is 0.143. The van der Waals surface area contributed by atoms with Crippen molar-refractivity contribution in [2.45, 2.75) is 13.8 Å². The summed E-state index contributed by atoms with van der Waals surface area (Å²) in [5, 5.41) is 3.30. The lowest BCUT2D eigenvalue weighted by molar-refractivity contribution is 0.390. The molecule has 0 bridgehead atoms. The van der Waals surface area contributed by atoms with Crippen LogP contribution in [-0.2, 0) is 4.57 Å². The molecule has 0 atom stereocenters. The molecule has 0 saturated heterocycles. The van der Waals surface area contributed by atoms with Gasteiger partial charge in [-0.2, -0.15) is 0 Å². The molecule has 1 N–H and O–H groups in total. The van der Waals surface area contributed by atoms with Gasteiger partial charge in [-0.05, 0) is 56.3 Å². The van der Waals surface area contributed by atoms with Gasteiger partial charge < -0.3 is 13.8 Å². The van der Waals surface area contributed by atoms with Crippen molar-refractivity contribution in [3.63, 3.8) is 0 Å². The number of aryl methyl sites for hydroxylation is 2. The van der Waals surface area contributed by atoms with E-state index in [9.17, 15) is 4.57 Å². The summed E-state index contributed by atoms with van der Waals surface area (Å²) in [4.78, 5) is 0. The van der Waals surface area contributed by atoms with Crippen LogP contribution in [0.25, 0.3) is 0 Å². The van der Waals surface area contributed by atoms with E-state index < -0.39 is 7.75 Å². The molecule has 0 aliphatic heterocycles. The second-order valence-electron chi connectivity index (χ2n) is 6.26. The van der Waals surface area contributed by atoms with Crippen LogP contribution in [0, 0.1) is 13.8 Å². The molecule has 0 saturated carbocycles. The molecule has 0 unspecified atom stereocenters. The molecule has 0 fully saturated rings. The van der Waals surface area contributed by atoms with E-state index in [0.29, 0.717) is 28.0 Å². The Balaban J connectivity index is 1.95. The van der Waals surface area contributed by atoms with Crippen LogP contribution in [0.2, 0.25) is 5.02 Å². The highest BCUT2D eigenvalue weighted by molar-refractivity contribution is 7.56. The van der Waals surface area contributed by atoms with Crippen LogP contribution in [0.4, 0.5) is 5.69 Å². The van der Waals surface area contributed by atoms with Crippen LogP contribution in [0.3, 0.4) is 0 Å². The molecular weight excluding hydrogens is 397 g/mol. The third-order valence-corrected chi connectivity index (χ3v) is 5.56. The molecule has 0 heterocycles. The number of hydrogen-bond acceptors (Lipinski definition) is 4. The lowest BCUT2D eigenvalue weighted by Gasteiger charge is -2.22. The van der Waals surface area contributed by atoms with E-state index in [4.69, 9.17) is 25.4 Å². The van der Waals surface area contributed by atoms with E-state index in [2.05, 4.69) is 5.09 Å². The van der Waals surface area contributed by atoms with Crippen LogP contribution in [0.1, 0.15) is 11.1 Å². The van der Waals surface area contributed by atoms with E-state index in [1.807, 2.05) is 38.1 Å². The van der Waals surface area contributed by atoms with E-state index in [-0.39, 0.29) is 0 Å². The molecule has 7 heteroatoms. The standard InChI is InChI=1S/C21H21ClNO4P/c1-15-4-9-18(10-5-15)26-28(24,27-19-11-6-16(2)7-12-19)23-20-14-17(22)8-13-21(20)25-3/h4-14H,1-3H3,(H,23,24). The fourth-order valence-corrected chi connectivity index (χ4v) is 4.02. The first-order valence-corrected chi connectivity index (χ1v) is 10.5. The summed E-state index contributed by atoms with van der Waals surface area (Å²) in [5.41, 5.74) is 2.52. The van der Waals surface area contributed by atoms with Crippen molar-refractivity contribution in [2.24, 2.45) is 0 Å². The third-order valence-electron chi connectivity index (χ3n) is 3.91. The van der Waals surface area contributed by atoms with Crippen LogP contribution >= 0.6 is 19.3 Å². The molecular formula is C21H21ClNO4P. The van der Waals surface area contributed by atoms with Gasteiger partial charge in [0.25, 0.3) is 0 Å². The van der Waals surface area contributed by atoms with Crippen LogP contribution in [-0.4, -0.2) is 7.11 Å². The van der Waals surface area contributed by atoms with Gasteiger partial charge in [0.2, 0.25) is 0 Å². The van der Waals surface area contributed by atoms with Crippen molar-refractivity contribution in [3.05, 3.63) is 82.9 Å². The van der Waals surface area contributed by atoms with E-state index >= 15 is 0 Å². The van der Waals surface area contributed by atoms with Crippen molar-refractivity contribution < 1.29 is 18.3 Å². The minimum Gasteiger partial charge on any atom is -0.495 e. The van der Waals surface area contributed by atoms with Crippen molar-refractivity contribution in [3.8, 4) is 17.2 Å². The Morgan fingerprint density at radius 3 is 1.79 bits per heavy atom. The molecule has 0 radical (unpaired) electrons. The van der Waals surface area contributed by atoms with Crippen LogP contribution < -0.4 is 18.9 Å². The molecule has 5 nitrogen and oxygen atoms in total. The third kappa shape index (κ3) is 5.22. The second kappa shape index (κ2) is 8.59. The largest absolute Gasteiger partial charge is 0.541 e. The Morgan fingerprint density at radius 1 is 0.821 bits per heavy atom. The predicted octanol–water partition coefficient (Wildman–Crippen LogP) is 6.64. The summed E-state index contributed by atoms with van der Waals surface area (Å²) in [6.07, 6.45) is 0. The Hall–Kier alpha value is -2.62. The lowest BCUT2D eigenvalue weighted by atomic mass is 10.2. The van der Waals surface area contributed by atoms with Crippen molar-refractivity contribution in [1.29, 1.82) is 0 Å². The summed E-state index contributed by atoms with van der Waals surface area (Å²) in [7, 11) is -2.35. The normalized spacial score (nSPS) is 11.0. The van der Waals surface area contributed by atoms with Gasteiger partial charge in [-0.25, -0.2) is 4.57 Å². The topological polar surface area (TPSA) is 56.8 Å². The monoisotopic (exact) mass is 417 g/mol. The van der Waals surface area contributed by atoms with Gasteiger partial charge in [0, 0.05) is 5.02 Å². The summed E-state index contributed by atoms with van der Waals surface area (Å²) in [6, 6.07) is 19.4. The van der Waals surface area contributed by atoms with Crippen molar-refractivity contribution >= 4 is 25.0 Å². The average molecular weight is 418 g/mol. The molecule has 0 aromatic heterocycles. The van der Waals surface area contributed by atoms with Crippen LogP contribution in [0.15, 0.2) is 66.7 Å². The number of nitrogens with one attached hydrogen (secondary N) is 1. The number of rotatable bonds is 7. The zero-order valence-electron chi connectivity index (χ0n) is 15.8. The molecule has 0 spiro atoms. The number of hydrogen-bond donors (Lipinski definition) is 1. The quantitative estimate of drug-likeness (QED) is 0.436. The van der Waals surface area contributed by atoms with Gasteiger partial charge in [0.05, 0.1) is 12.8 Å². The zero-order chi connectivity index (χ0) is 20.1. The fourth-order valence-electron chi connectivity index (χ4n) is 2.46. The highest BCUT2D eigenvalue weighted by Gasteiger charge is 2.30. The molecule has 3 aromatic rings. The number of halogens is 1. The zero-order valence-corrected chi connectivity index (χ0v) is 17.5. The number of ether oxygens (including phenoxy) is 1. The van der Waals surface area contributed by atoms with E-state index in [1.165, 1.54) is 7.11 Å². The second-order valence-corrected chi connectivity index (χ2v) is 8.28. The molecule has 146 valence electrons. The van der Waals surface area contributed by atoms with E-state index in [1.54, 1.807) is 42.5 Å². The van der Waals surface area contributed by atoms with E-state index in [0.717, 1.165) is 11.1 Å². The smallest absolute Gasteiger partial charge is 0.495 e. The maximum absolute atomic E-state index is 13.6. The van der Waals surface area contributed by atoms with Gasteiger partial charge >= 0.3 is 7.75 Å². The minimum absolute atomic E-state index is 0.401. The molecule has 0 amide bonds. The molecule has 28 heavy (non-hydrogen) atoms. The average Bonchev–Trinajstić information content (AvgIpc) is 2.66. The predicted molar refractivity (Wildman–Crippen MR) is 113 cm³/mol. The Labute approximate surface area is 169 Å². The Morgan fingerprint density at radius 2 is 1.32 bits per heavy atom. The van der Waals surface area contributed by atoms with Crippen molar-refractivity contribution in [1.82, 2.24) is 0 Å². The first kappa shape index (κ1) is 20.1. The molecule has 3 aromatic carbocycles. The molecule has 3 rings (SSSR count). The van der Waals surface area contributed by atoms with Crippen molar-refractivity contribution in [2.75, 3.05) is 12.2 Å². The summed E-state index contributed by atoms with van der Waals surface area (Å²) in [5.74, 6) is 1.29. The maximum Gasteiger partial charge on any atom is 0.541 e. The highest BCUT2D eigenvalue weighted by atomic mass is 35.5. The first-order valence-electron chi connectivity index (χ1n) is 8.61. The summed E-state index contributed by atoms with van der Waals surface area (Å²) in [6.45, 7) is 3.92. The molecule has 0 aliphatic carbocycles. The first-order chi connectivity index (χ1) is 13.4. The van der Waals surface area contributed by atoms with Gasteiger partial charge in [0.15, 0.2) is 0 Å². The summed E-state index contributed by atoms with van der Waals surface area (Å²) < 4.78 is 30.5. The number of benzene rings is 3. The van der Waals surface area contributed by atoms with Gasteiger partial charge in [-0.15, -0.1) is 0 Å². The maximum atomic E-state index is 13.6. The van der Waals surface area contributed by atoms with Crippen LogP contribution in [0.5, 0.6) is 17.2 Å². The van der Waals surface area contributed by atoms with Gasteiger partial charge in [-0.1, -0.05) is 47.0 Å². The van der Waals surface area contributed by atoms with Gasteiger partial charge in [-0.3, -0.25) is 5.09 Å². The summed E-state index contributed by atoms with van der Waals surface area (Å²) >= 11 is 6.09.